The smallest absolute Gasteiger partial charge is 0.251 e. The zero-order chi connectivity index (χ0) is 14.5. The molecule has 19 heavy (non-hydrogen) atoms. The van der Waals surface area contributed by atoms with Crippen LogP contribution >= 0.6 is 11.6 Å². The predicted octanol–water partition coefficient (Wildman–Crippen LogP) is 3.18. The fourth-order valence-electron chi connectivity index (χ4n) is 1.91. The van der Waals surface area contributed by atoms with Gasteiger partial charge in [0, 0.05) is 23.7 Å². The van der Waals surface area contributed by atoms with Crippen LogP contribution in [0.1, 0.15) is 42.6 Å². The number of aliphatic hydroxyl groups excluding tert-OH is 1. The highest BCUT2D eigenvalue weighted by Gasteiger charge is 2.19. The first-order valence-electron chi connectivity index (χ1n) is 6.51. The monoisotopic (exact) mass is 283 g/mol. The summed E-state index contributed by atoms with van der Waals surface area (Å²) in [6.45, 7) is 6.76. The lowest BCUT2D eigenvalue weighted by atomic mass is 9.88. The van der Waals surface area contributed by atoms with Crippen molar-refractivity contribution in [2.24, 2.45) is 5.41 Å². The Morgan fingerprint density at radius 2 is 2.11 bits per heavy atom. The van der Waals surface area contributed by atoms with Crippen molar-refractivity contribution in [3.63, 3.8) is 0 Å². The van der Waals surface area contributed by atoms with Crippen LogP contribution in [-0.4, -0.2) is 24.2 Å². The molecule has 0 aliphatic heterocycles. The summed E-state index contributed by atoms with van der Waals surface area (Å²) in [4.78, 5) is 12.1. The number of hydrogen-bond acceptors (Lipinski definition) is 2. The molecule has 1 amide bonds. The standard InChI is InChI=1S/C15H22ClNO2/c1-11-12(6-4-7-13(11)16)14(19)17-10-15(2,3)8-5-9-18/h4,6-7,18H,5,8-10H2,1-3H3,(H,17,19). The second-order valence-corrected chi connectivity index (χ2v) is 5.99. The average Bonchev–Trinajstić information content (AvgIpc) is 2.37. The van der Waals surface area contributed by atoms with E-state index >= 15 is 0 Å². The minimum atomic E-state index is -0.0999. The highest BCUT2D eigenvalue weighted by atomic mass is 35.5. The number of carbonyl (C=O) groups is 1. The van der Waals surface area contributed by atoms with E-state index in [-0.39, 0.29) is 17.9 Å². The van der Waals surface area contributed by atoms with E-state index in [4.69, 9.17) is 16.7 Å². The maximum Gasteiger partial charge on any atom is 0.251 e. The van der Waals surface area contributed by atoms with Gasteiger partial charge in [0.25, 0.3) is 5.91 Å². The highest BCUT2D eigenvalue weighted by Crippen LogP contribution is 2.22. The second kappa shape index (κ2) is 6.92. The molecule has 0 aliphatic rings. The van der Waals surface area contributed by atoms with E-state index < -0.39 is 0 Å². The van der Waals surface area contributed by atoms with Crippen LogP contribution < -0.4 is 5.32 Å². The summed E-state index contributed by atoms with van der Waals surface area (Å²) in [5.41, 5.74) is 1.39. The topological polar surface area (TPSA) is 49.3 Å². The van der Waals surface area contributed by atoms with Crippen LogP contribution in [0.5, 0.6) is 0 Å². The number of carbonyl (C=O) groups excluding carboxylic acids is 1. The number of halogens is 1. The molecule has 1 rings (SSSR count). The molecule has 0 spiro atoms. The molecular formula is C15H22ClNO2. The number of rotatable bonds is 6. The summed E-state index contributed by atoms with van der Waals surface area (Å²) < 4.78 is 0. The molecule has 106 valence electrons. The van der Waals surface area contributed by atoms with Crippen molar-refractivity contribution in [1.82, 2.24) is 5.32 Å². The van der Waals surface area contributed by atoms with Gasteiger partial charge in [0.2, 0.25) is 0 Å². The van der Waals surface area contributed by atoms with Gasteiger partial charge in [-0.3, -0.25) is 4.79 Å². The fourth-order valence-corrected chi connectivity index (χ4v) is 2.09. The number of hydrogen-bond donors (Lipinski definition) is 2. The Morgan fingerprint density at radius 3 is 2.74 bits per heavy atom. The highest BCUT2D eigenvalue weighted by molar-refractivity contribution is 6.31. The van der Waals surface area contributed by atoms with Gasteiger partial charge in [0.15, 0.2) is 0 Å². The van der Waals surface area contributed by atoms with Crippen LogP contribution in [0.3, 0.4) is 0 Å². The Kier molecular flexibility index (Phi) is 5.83. The van der Waals surface area contributed by atoms with Crippen LogP contribution in [0.4, 0.5) is 0 Å². The lowest BCUT2D eigenvalue weighted by Crippen LogP contribution is -2.34. The van der Waals surface area contributed by atoms with E-state index in [2.05, 4.69) is 19.2 Å². The molecule has 0 saturated carbocycles. The van der Waals surface area contributed by atoms with E-state index in [0.29, 0.717) is 17.1 Å². The van der Waals surface area contributed by atoms with Crippen molar-refractivity contribution in [2.45, 2.75) is 33.6 Å². The van der Waals surface area contributed by atoms with Gasteiger partial charge in [-0.05, 0) is 42.9 Å². The third-order valence-corrected chi connectivity index (χ3v) is 3.66. The average molecular weight is 284 g/mol. The number of amides is 1. The van der Waals surface area contributed by atoms with E-state index in [0.717, 1.165) is 18.4 Å². The quantitative estimate of drug-likeness (QED) is 0.842. The molecule has 1 aromatic carbocycles. The summed E-state index contributed by atoms with van der Waals surface area (Å²) in [7, 11) is 0. The van der Waals surface area contributed by atoms with Crippen molar-refractivity contribution < 1.29 is 9.90 Å². The van der Waals surface area contributed by atoms with Crippen LogP contribution in [-0.2, 0) is 0 Å². The second-order valence-electron chi connectivity index (χ2n) is 5.59. The van der Waals surface area contributed by atoms with Crippen molar-refractivity contribution in [3.8, 4) is 0 Å². The molecule has 0 bridgehead atoms. The van der Waals surface area contributed by atoms with Crippen molar-refractivity contribution in [1.29, 1.82) is 0 Å². The molecule has 0 saturated heterocycles. The van der Waals surface area contributed by atoms with E-state index in [9.17, 15) is 4.79 Å². The first kappa shape index (κ1) is 16.0. The van der Waals surface area contributed by atoms with Crippen LogP contribution in [0.15, 0.2) is 18.2 Å². The summed E-state index contributed by atoms with van der Waals surface area (Å²) in [6, 6.07) is 5.33. The van der Waals surface area contributed by atoms with Gasteiger partial charge >= 0.3 is 0 Å². The Morgan fingerprint density at radius 1 is 1.42 bits per heavy atom. The third-order valence-electron chi connectivity index (χ3n) is 3.25. The van der Waals surface area contributed by atoms with Gasteiger partial charge in [-0.25, -0.2) is 0 Å². The molecule has 0 aliphatic carbocycles. The zero-order valence-electron chi connectivity index (χ0n) is 11.8. The van der Waals surface area contributed by atoms with Crippen molar-refractivity contribution in [3.05, 3.63) is 34.3 Å². The number of benzene rings is 1. The summed E-state index contributed by atoms with van der Waals surface area (Å²) >= 11 is 6.01. The van der Waals surface area contributed by atoms with Crippen LogP contribution in [0.25, 0.3) is 0 Å². The Labute approximate surface area is 120 Å². The Balaban J connectivity index is 2.63. The molecule has 0 fully saturated rings. The zero-order valence-corrected chi connectivity index (χ0v) is 12.5. The molecule has 4 heteroatoms. The fraction of sp³-hybridized carbons (Fsp3) is 0.533. The number of nitrogens with one attached hydrogen (secondary N) is 1. The van der Waals surface area contributed by atoms with Gasteiger partial charge in [0.05, 0.1) is 0 Å². The molecule has 0 atom stereocenters. The lowest BCUT2D eigenvalue weighted by molar-refractivity contribution is 0.0932. The number of aliphatic hydroxyl groups is 1. The van der Waals surface area contributed by atoms with E-state index in [1.165, 1.54) is 0 Å². The van der Waals surface area contributed by atoms with Crippen molar-refractivity contribution in [2.75, 3.05) is 13.2 Å². The largest absolute Gasteiger partial charge is 0.396 e. The maximum atomic E-state index is 12.1. The predicted molar refractivity (Wildman–Crippen MR) is 78.6 cm³/mol. The summed E-state index contributed by atoms with van der Waals surface area (Å²) in [5.74, 6) is -0.0999. The molecule has 0 radical (unpaired) electrons. The summed E-state index contributed by atoms with van der Waals surface area (Å²) in [6.07, 6.45) is 1.62. The molecule has 0 heterocycles. The van der Waals surface area contributed by atoms with E-state index in [1.54, 1.807) is 18.2 Å². The van der Waals surface area contributed by atoms with Crippen molar-refractivity contribution >= 4 is 17.5 Å². The molecule has 2 N–H and O–H groups in total. The van der Waals surface area contributed by atoms with Gasteiger partial charge in [-0.2, -0.15) is 0 Å². The minimum absolute atomic E-state index is 0.0229. The van der Waals surface area contributed by atoms with Gasteiger partial charge in [-0.15, -0.1) is 0 Å². The lowest BCUT2D eigenvalue weighted by Gasteiger charge is -2.24. The molecule has 0 unspecified atom stereocenters. The molecule has 1 aromatic rings. The maximum absolute atomic E-state index is 12.1. The van der Waals surface area contributed by atoms with Gasteiger partial charge in [-0.1, -0.05) is 31.5 Å². The minimum Gasteiger partial charge on any atom is -0.396 e. The third kappa shape index (κ3) is 4.84. The first-order valence-corrected chi connectivity index (χ1v) is 6.89. The normalized spacial score (nSPS) is 11.4. The van der Waals surface area contributed by atoms with Gasteiger partial charge < -0.3 is 10.4 Å². The Bertz CT molecular complexity index is 444. The molecule has 0 aromatic heterocycles. The molecule has 3 nitrogen and oxygen atoms in total. The SMILES string of the molecule is Cc1c(Cl)cccc1C(=O)NCC(C)(C)CCCO. The molecular weight excluding hydrogens is 262 g/mol. The van der Waals surface area contributed by atoms with Crippen LogP contribution in [0, 0.1) is 12.3 Å². The summed E-state index contributed by atoms with van der Waals surface area (Å²) in [5, 5.41) is 12.4. The van der Waals surface area contributed by atoms with Gasteiger partial charge in [0.1, 0.15) is 0 Å². The van der Waals surface area contributed by atoms with E-state index in [1.807, 2.05) is 6.92 Å². The Hall–Kier alpha value is -1.06. The van der Waals surface area contributed by atoms with Crippen LogP contribution in [0.2, 0.25) is 5.02 Å². The first-order chi connectivity index (χ1) is 8.87.